The Hall–Kier alpha value is -0.770. The maximum absolute atomic E-state index is 9.85. The van der Waals surface area contributed by atoms with Crippen LogP contribution < -0.4 is 4.74 Å². The lowest BCUT2D eigenvalue weighted by molar-refractivity contribution is 0.108. The van der Waals surface area contributed by atoms with Gasteiger partial charge in [-0.15, -0.1) is 0 Å². The molecule has 19 heavy (non-hydrogen) atoms. The minimum atomic E-state index is -0.123. The Morgan fingerprint density at radius 1 is 1.42 bits per heavy atom. The topological polar surface area (TPSA) is 32.7 Å². The Bertz CT molecular complexity index is 425. The van der Waals surface area contributed by atoms with Crippen molar-refractivity contribution in [1.82, 2.24) is 4.90 Å². The Balaban J connectivity index is 1.91. The summed E-state index contributed by atoms with van der Waals surface area (Å²) >= 11 is 6.12. The molecule has 0 aromatic heterocycles. The van der Waals surface area contributed by atoms with Crippen LogP contribution in [0.2, 0.25) is 5.02 Å². The van der Waals surface area contributed by atoms with Crippen molar-refractivity contribution in [2.75, 3.05) is 20.7 Å². The molecule has 1 N–H and O–H groups in total. The van der Waals surface area contributed by atoms with Crippen molar-refractivity contribution >= 4 is 11.6 Å². The molecule has 1 fully saturated rings. The highest BCUT2D eigenvalue weighted by Gasteiger charge is 2.26. The number of aliphatic hydroxyl groups is 1. The van der Waals surface area contributed by atoms with Gasteiger partial charge in [0.15, 0.2) is 0 Å². The molecule has 0 aliphatic heterocycles. The van der Waals surface area contributed by atoms with E-state index in [1.807, 2.05) is 18.2 Å². The Morgan fingerprint density at radius 3 is 2.79 bits per heavy atom. The van der Waals surface area contributed by atoms with E-state index in [0.29, 0.717) is 16.7 Å². The average Bonchev–Trinajstić information content (AvgIpc) is 2.75. The molecule has 0 saturated heterocycles. The van der Waals surface area contributed by atoms with Crippen molar-refractivity contribution in [3.63, 3.8) is 0 Å². The normalized spacial score (nSPS) is 23.0. The third kappa shape index (κ3) is 3.85. The van der Waals surface area contributed by atoms with E-state index in [-0.39, 0.29) is 6.10 Å². The first-order valence-electron chi connectivity index (χ1n) is 6.79. The summed E-state index contributed by atoms with van der Waals surface area (Å²) in [6, 6.07) is 5.88. The number of halogens is 1. The van der Waals surface area contributed by atoms with Crippen LogP contribution in [0.1, 0.15) is 24.8 Å². The molecule has 106 valence electrons. The third-order valence-corrected chi connectivity index (χ3v) is 4.13. The lowest BCUT2D eigenvalue weighted by atomic mass is 10.1. The van der Waals surface area contributed by atoms with Crippen molar-refractivity contribution in [2.24, 2.45) is 5.92 Å². The first-order chi connectivity index (χ1) is 9.10. The quantitative estimate of drug-likeness (QED) is 0.902. The van der Waals surface area contributed by atoms with Crippen LogP contribution in [0, 0.1) is 5.92 Å². The van der Waals surface area contributed by atoms with Gasteiger partial charge in [-0.3, -0.25) is 0 Å². The largest absolute Gasteiger partial charge is 0.495 e. The zero-order chi connectivity index (χ0) is 13.8. The standard InChI is InChI=1S/C15H22ClNO2/c1-17(10-12-4-3-5-14(12)18)9-11-6-7-15(19-2)13(16)8-11/h6-8,12,14,18H,3-5,9-10H2,1-2H3. The first-order valence-corrected chi connectivity index (χ1v) is 7.17. The summed E-state index contributed by atoms with van der Waals surface area (Å²) < 4.78 is 5.15. The fourth-order valence-corrected chi connectivity index (χ4v) is 3.10. The Morgan fingerprint density at radius 2 is 2.21 bits per heavy atom. The molecule has 2 unspecified atom stereocenters. The van der Waals surface area contributed by atoms with Gasteiger partial charge in [0.2, 0.25) is 0 Å². The minimum absolute atomic E-state index is 0.123. The zero-order valence-corrected chi connectivity index (χ0v) is 12.4. The smallest absolute Gasteiger partial charge is 0.137 e. The minimum Gasteiger partial charge on any atom is -0.495 e. The molecular formula is C15H22ClNO2. The summed E-state index contributed by atoms with van der Waals surface area (Å²) in [5.74, 6) is 1.12. The SMILES string of the molecule is COc1ccc(CN(C)CC2CCCC2O)cc1Cl. The summed E-state index contributed by atoms with van der Waals surface area (Å²) in [6.07, 6.45) is 3.11. The van der Waals surface area contributed by atoms with Crippen molar-refractivity contribution in [2.45, 2.75) is 31.9 Å². The number of ether oxygens (including phenoxy) is 1. The molecule has 1 aromatic carbocycles. The van der Waals surface area contributed by atoms with Gasteiger partial charge in [0.25, 0.3) is 0 Å². The predicted molar refractivity (Wildman–Crippen MR) is 77.7 cm³/mol. The van der Waals surface area contributed by atoms with Gasteiger partial charge in [-0.05, 0) is 43.5 Å². The first kappa shape index (κ1) is 14.6. The summed E-state index contributed by atoms with van der Waals surface area (Å²) in [5, 5.41) is 10.5. The van der Waals surface area contributed by atoms with Crippen molar-refractivity contribution in [3.8, 4) is 5.75 Å². The lowest BCUT2D eigenvalue weighted by Gasteiger charge is -2.23. The van der Waals surface area contributed by atoms with Gasteiger partial charge >= 0.3 is 0 Å². The van der Waals surface area contributed by atoms with E-state index in [0.717, 1.165) is 32.4 Å². The van der Waals surface area contributed by atoms with E-state index in [1.54, 1.807) is 7.11 Å². The number of benzene rings is 1. The number of aliphatic hydroxyl groups excluding tert-OH is 1. The Kier molecular flexibility index (Phi) is 5.08. The summed E-state index contributed by atoms with van der Waals surface area (Å²) in [4.78, 5) is 2.25. The highest BCUT2D eigenvalue weighted by Crippen LogP contribution is 2.28. The van der Waals surface area contributed by atoms with Crippen LogP contribution in [0.25, 0.3) is 0 Å². The van der Waals surface area contributed by atoms with Crippen LogP contribution in [-0.2, 0) is 6.54 Å². The lowest BCUT2D eigenvalue weighted by Crippen LogP contribution is -2.29. The van der Waals surface area contributed by atoms with Gasteiger partial charge in [-0.25, -0.2) is 0 Å². The van der Waals surface area contributed by atoms with Crippen LogP contribution in [0.15, 0.2) is 18.2 Å². The second kappa shape index (κ2) is 6.60. The fraction of sp³-hybridized carbons (Fsp3) is 0.600. The molecule has 1 aliphatic rings. The highest BCUT2D eigenvalue weighted by atomic mass is 35.5. The molecule has 3 nitrogen and oxygen atoms in total. The van der Waals surface area contributed by atoms with Crippen LogP contribution in [0.3, 0.4) is 0 Å². The number of rotatable bonds is 5. The van der Waals surface area contributed by atoms with Crippen LogP contribution >= 0.6 is 11.6 Å². The monoisotopic (exact) mass is 283 g/mol. The van der Waals surface area contributed by atoms with E-state index in [9.17, 15) is 5.11 Å². The molecule has 1 aromatic rings. The molecule has 0 amide bonds. The number of methoxy groups -OCH3 is 1. The molecule has 0 spiro atoms. The summed E-state index contributed by atoms with van der Waals surface area (Å²) in [5.41, 5.74) is 1.17. The van der Waals surface area contributed by atoms with E-state index >= 15 is 0 Å². The third-order valence-electron chi connectivity index (χ3n) is 3.83. The molecule has 2 rings (SSSR count). The number of hydrogen-bond donors (Lipinski definition) is 1. The van der Waals surface area contributed by atoms with Crippen LogP contribution in [0.5, 0.6) is 5.75 Å². The van der Waals surface area contributed by atoms with E-state index in [4.69, 9.17) is 16.3 Å². The highest BCUT2D eigenvalue weighted by molar-refractivity contribution is 6.32. The van der Waals surface area contributed by atoms with Gasteiger partial charge in [0.05, 0.1) is 18.2 Å². The van der Waals surface area contributed by atoms with Gasteiger partial charge in [0, 0.05) is 13.1 Å². The van der Waals surface area contributed by atoms with Gasteiger partial charge in [-0.1, -0.05) is 24.1 Å². The average molecular weight is 284 g/mol. The number of nitrogens with zero attached hydrogens (tertiary/aromatic N) is 1. The molecule has 4 heteroatoms. The molecule has 1 saturated carbocycles. The van der Waals surface area contributed by atoms with Crippen molar-refractivity contribution in [1.29, 1.82) is 0 Å². The molecular weight excluding hydrogens is 262 g/mol. The molecule has 2 atom stereocenters. The van der Waals surface area contributed by atoms with Crippen LogP contribution in [0.4, 0.5) is 0 Å². The summed E-state index contributed by atoms with van der Waals surface area (Å²) in [7, 11) is 3.71. The van der Waals surface area contributed by atoms with Gasteiger partial charge < -0.3 is 14.7 Å². The fourth-order valence-electron chi connectivity index (χ4n) is 2.82. The van der Waals surface area contributed by atoms with Crippen molar-refractivity contribution < 1.29 is 9.84 Å². The maximum atomic E-state index is 9.85. The number of hydrogen-bond acceptors (Lipinski definition) is 3. The molecule has 0 heterocycles. The molecule has 0 bridgehead atoms. The maximum Gasteiger partial charge on any atom is 0.137 e. The van der Waals surface area contributed by atoms with Crippen molar-refractivity contribution in [3.05, 3.63) is 28.8 Å². The van der Waals surface area contributed by atoms with E-state index in [1.165, 1.54) is 5.56 Å². The predicted octanol–water partition coefficient (Wildman–Crippen LogP) is 2.94. The van der Waals surface area contributed by atoms with Gasteiger partial charge in [-0.2, -0.15) is 0 Å². The molecule has 1 aliphatic carbocycles. The van der Waals surface area contributed by atoms with Crippen LogP contribution in [-0.4, -0.2) is 36.8 Å². The zero-order valence-electron chi connectivity index (χ0n) is 11.6. The second-order valence-corrected chi connectivity index (χ2v) is 5.83. The summed E-state index contributed by atoms with van der Waals surface area (Å²) in [6.45, 7) is 1.78. The van der Waals surface area contributed by atoms with Gasteiger partial charge in [0.1, 0.15) is 5.75 Å². The molecule has 0 radical (unpaired) electrons. The van der Waals surface area contributed by atoms with E-state index < -0.39 is 0 Å². The Labute approximate surface area is 120 Å². The van der Waals surface area contributed by atoms with E-state index in [2.05, 4.69) is 11.9 Å². The second-order valence-electron chi connectivity index (χ2n) is 5.42.